The van der Waals surface area contributed by atoms with Crippen molar-refractivity contribution in [1.29, 1.82) is 0 Å². The molecule has 1 saturated carbocycles. The van der Waals surface area contributed by atoms with Crippen LogP contribution in [0.15, 0.2) is 12.4 Å². The molecule has 2 bridgehead atoms. The molecule has 3 fully saturated rings. The molecule has 0 radical (unpaired) electrons. The summed E-state index contributed by atoms with van der Waals surface area (Å²) in [6.07, 6.45) is 6.52. The summed E-state index contributed by atoms with van der Waals surface area (Å²) in [5.74, 6) is 1.85. The third-order valence-electron chi connectivity index (χ3n) is 3.13. The Hall–Kier alpha value is -1.12. The molecule has 0 N–H and O–H groups in total. The van der Waals surface area contributed by atoms with Gasteiger partial charge in [0.2, 0.25) is 5.95 Å². The lowest BCUT2D eigenvalue weighted by atomic mass is 9.86. The zero-order valence-corrected chi connectivity index (χ0v) is 7.77. The molecule has 1 aromatic rings. The normalized spacial score (nSPS) is 30.4. The van der Waals surface area contributed by atoms with Gasteiger partial charge in [-0.1, -0.05) is 0 Å². The van der Waals surface area contributed by atoms with E-state index < -0.39 is 0 Å². The van der Waals surface area contributed by atoms with Crippen LogP contribution < -0.4 is 4.90 Å². The minimum Gasteiger partial charge on any atom is -0.338 e. The third kappa shape index (κ3) is 1.03. The molecule has 0 unspecified atom stereocenters. The summed E-state index contributed by atoms with van der Waals surface area (Å²) in [4.78, 5) is 11.1. The predicted octanol–water partition coefficient (Wildman–Crippen LogP) is 1.38. The molecule has 2 aliphatic heterocycles. The second-order valence-electron chi connectivity index (χ2n) is 4.20. The second kappa shape index (κ2) is 2.44. The van der Waals surface area contributed by atoms with Crippen molar-refractivity contribution in [2.45, 2.75) is 25.8 Å². The van der Waals surface area contributed by atoms with Crippen LogP contribution >= 0.6 is 0 Å². The molecule has 13 heavy (non-hydrogen) atoms. The highest BCUT2D eigenvalue weighted by molar-refractivity contribution is 5.37. The van der Waals surface area contributed by atoms with Gasteiger partial charge in [-0.25, -0.2) is 9.97 Å². The maximum atomic E-state index is 4.35. The Bertz CT molecular complexity index is 313. The van der Waals surface area contributed by atoms with Gasteiger partial charge in [-0.3, -0.25) is 0 Å². The molecule has 0 aromatic carbocycles. The first-order chi connectivity index (χ1) is 6.33. The molecule has 3 heterocycles. The summed E-state index contributed by atoms with van der Waals surface area (Å²) in [6.45, 7) is 3.20. The van der Waals surface area contributed by atoms with E-state index in [4.69, 9.17) is 0 Å². The summed E-state index contributed by atoms with van der Waals surface area (Å²) in [7, 11) is 0. The lowest BCUT2D eigenvalue weighted by Crippen LogP contribution is -2.29. The Labute approximate surface area is 77.8 Å². The van der Waals surface area contributed by atoms with Crippen molar-refractivity contribution < 1.29 is 0 Å². The number of fused-ring (bicyclic) bond motifs is 1. The second-order valence-corrected chi connectivity index (χ2v) is 4.20. The largest absolute Gasteiger partial charge is 0.338 e. The van der Waals surface area contributed by atoms with Gasteiger partial charge in [0.05, 0.1) is 0 Å². The van der Waals surface area contributed by atoms with E-state index in [9.17, 15) is 0 Å². The van der Waals surface area contributed by atoms with Crippen LogP contribution in [0, 0.1) is 12.8 Å². The molecule has 2 saturated heterocycles. The van der Waals surface area contributed by atoms with E-state index in [2.05, 4.69) is 14.9 Å². The summed E-state index contributed by atoms with van der Waals surface area (Å²) < 4.78 is 0. The van der Waals surface area contributed by atoms with Crippen LogP contribution in [0.4, 0.5) is 5.95 Å². The first kappa shape index (κ1) is 7.30. The fraction of sp³-hybridized carbons (Fsp3) is 0.600. The van der Waals surface area contributed by atoms with Crippen LogP contribution in [0.3, 0.4) is 0 Å². The topological polar surface area (TPSA) is 29.0 Å². The Morgan fingerprint density at radius 3 is 2.54 bits per heavy atom. The predicted molar refractivity (Wildman–Crippen MR) is 50.6 cm³/mol. The van der Waals surface area contributed by atoms with E-state index in [1.54, 1.807) is 0 Å². The van der Waals surface area contributed by atoms with Gasteiger partial charge in [0.15, 0.2) is 0 Å². The van der Waals surface area contributed by atoms with Gasteiger partial charge in [0.25, 0.3) is 0 Å². The minimum atomic E-state index is 0.743. The number of anilines is 1. The Kier molecular flexibility index (Phi) is 1.37. The van der Waals surface area contributed by atoms with Crippen LogP contribution in [0.2, 0.25) is 0 Å². The smallest absolute Gasteiger partial charge is 0.225 e. The van der Waals surface area contributed by atoms with E-state index in [1.807, 2.05) is 19.3 Å². The summed E-state index contributed by atoms with van der Waals surface area (Å²) in [6, 6.07) is 0.743. The van der Waals surface area contributed by atoms with Crippen molar-refractivity contribution in [3.63, 3.8) is 0 Å². The zero-order chi connectivity index (χ0) is 8.84. The fourth-order valence-corrected chi connectivity index (χ4v) is 2.31. The Morgan fingerprint density at radius 1 is 1.31 bits per heavy atom. The summed E-state index contributed by atoms with van der Waals surface area (Å²) in [5, 5.41) is 0. The van der Waals surface area contributed by atoms with Gasteiger partial charge in [0.1, 0.15) is 0 Å². The fourth-order valence-electron chi connectivity index (χ4n) is 2.31. The first-order valence-electron chi connectivity index (χ1n) is 4.88. The minimum absolute atomic E-state index is 0.743. The highest BCUT2D eigenvalue weighted by Gasteiger charge is 2.43. The molecule has 3 aliphatic rings. The molecule has 0 atom stereocenters. The molecule has 1 aliphatic carbocycles. The summed E-state index contributed by atoms with van der Waals surface area (Å²) in [5.41, 5.74) is 1.13. The number of rotatable bonds is 1. The number of nitrogens with zero attached hydrogens (tertiary/aromatic N) is 3. The summed E-state index contributed by atoms with van der Waals surface area (Å²) >= 11 is 0. The number of aromatic nitrogens is 2. The molecule has 68 valence electrons. The third-order valence-corrected chi connectivity index (χ3v) is 3.13. The molecule has 4 rings (SSSR count). The zero-order valence-electron chi connectivity index (χ0n) is 7.77. The molecule has 3 nitrogen and oxygen atoms in total. The lowest BCUT2D eigenvalue weighted by molar-refractivity contribution is 0.380. The maximum Gasteiger partial charge on any atom is 0.225 e. The van der Waals surface area contributed by atoms with Gasteiger partial charge in [-0.05, 0) is 31.2 Å². The number of hydrogen-bond acceptors (Lipinski definition) is 3. The molecule has 3 heteroatoms. The molecule has 1 aromatic heterocycles. The number of hydrogen-bond donors (Lipinski definition) is 0. The van der Waals surface area contributed by atoms with E-state index in [1.165, 1.54) is 19.4 Å². The van der Waals surface area contributed by atoms with Gasteiger partial charge in [0, 0.05) is 25.0 Å². The Balaban J connectivity index is 1.88. The van der Waals surface area contributed by atoms with E-state index >= 15 is 0 Å². The van der Waals surface area contributed by atoms with Crippen molar-refractivity contribution in [3.8, 4) is 0 Å². The van der Waals surface area contributed by atoms with Crippen LogP contribution in [-0.2, 0) is 0 Å². The van der Waals surface area contributed by atoms with Crippen LogP contribution in [0.5, 0.6) is 0 Å². The van der Waals surface area contributed by atoms with Gasteiger partial charge >= 0.3 is 0 Å². The molecule has 0 amide bonds. The highest BCUT2D eigenvalue weighted by Crippen LogP contribution is 2.41. The average Bonchev–Trinajstić information content (AvgIpc) is 2.62. The SMILES string of the molecule is Cc1cnc(N2CC3CC2C3)nc1. The van der Waals surface area contributed by atoms with E-state index in [-0.39, 0.29) is 0 Å². The van der Waals surface area contributed by atoms with Crippen molar-refractivity contribution >= 4 is 5.95 Å². The molecular weight excluding hydrogens is 162 g/mol. The van der Waals surface area contributed by atoms with Crippen LogP contribution in [0.1, 0.15) is 18.4 Å². The standard InChI is InChI=1S/C10H13N3/c1-7-4-11-10(12-5-7)13-6-8-2-9(13)3-8/h4-5,8-9H,2-3,6H2,1H3. The maximum absolute atomic E-state index is 4.35. The Morgan fingerprint density at radius 2 is 2.00 bits per heavy atom. The van der Waals surface area contributed by atoms with Crippen molar-refractivity contribution in [2.75, 3.05) is 11.4 Å². The lowest BCUT2D eigenvalue weighted by Gasteiger charge is -2.25. The van der Waals surface area contributed by atoms with Gasteiger partial charge in [-0.15, -0.1) is 0 Å². The quantitative estimate of drug-likeness (QED) is 0.645. The number of aryl methyl sites for hydroxylation is 1. The molecular formula is C10H13N3. The van der Waals surface area contributed by atoms with Crippen LogP contribution in [-0.4, -0.2) is 22.6 Å². The van der Waals surface area contributed by atoms with E-state index in [0.29, 0.717) is 0 Å². The van der Waals surface area contributed by atoms with Gasteiger partial charge in [-0.2, -0.15) is 0 Å². The highest BCUT2D eigenvalue weighted by atomic mass is 15.3. The van der Waals surface area contributed by atoms with Crippen LogP contribution in [0.25, 0.3) is 0 Å². The van der Waals surface area contributed by atoms with Crippen molar-refractivity contribution in [2.24, 2.45) is 5.92 Å². The van der Waals surface area contributed by atoms with E-state index in [0.717, 1.165) is 23.5 Å². The monoisotopic (exact) mass is 175 g/mol. The average molecular weight is 175 g/mol. The first-order valence-corrected chi connectivity index (χ1v) is 4.88. The van der Waals surface area contributed by atoms with Gasteiger partial charge < -0.3 is 4.90 Å². The van der Waals surface area contributed by atoms with Crippen molar-refractivity contribution in [3.05, 3.63) is 18.0 Å². The molecule has 0 spiro atoms. The van der Waals surface area contributed by atoms with Crippen molar-refractivity contribution in [1.82, 2.24) is 9.97 Å².